The van der Waals surface area contributed by atoms with E-state index in [1.165, 1.54) is 0 Å². The molecule has 0 radical (unpaired) electrons. The average molecular weight is 389 g/mol. The van der Waals surface area contributed by atoms with E-state index in [0.29, 0.717) is 0 Å². The second kappa shape index (κ2) is 5.56. The SMILES string of the molecule is CCOC1(OCC)N=C(N)[C@]2(C#N)[C@H](c3cccc(Br)c3)[C@]12C#N. The van der Waals surface area contributed by atoms with Gasteiger partial charge in [-0.05, 0) is 31.5 Å². The van der Waals surface area contributed by atoms with Crippen LogP contribution in [-0.2, 0) is 9.47 Å². The maximum absolute atomic E-state index is 10.1. The van der Waals surface area contributed by atoms with E-state index in [1.54, 1.807) is 13.8 Å². The molecule has 1 aliphatic carbocycles. The van der Waals surface area contributed by atoms with Gasteiger partial charge in [0.2, 0.25) is 0 Å². The van der Waals surface area contributed by atoms with Crippen molar-refractivity contribution in [3.8, 4) is 12.1 Å². The molecule has 1 aliphatic heterocycles. The molecule has 0 amide bonds. The van der Waals surface area contributed by atoms with Gasteiger partial charge in [-0.3, -0.25) is 0 Å². The smallest absolute Gasteiger partial charge is 0.293 e. The van der Waals surface area contributed by atoms with Gasteiger partial charge in [0.05, 0.1) is 12.1 Å². The van der Waals surface area contributed by atoms with Gasteiger partial charge in [-0.15, -0.1) is 0 Å². The molecule has 0 saturated heterocycles. The molecule has 2 N–H and O–H groups in total. The first kappa shape index (κ1) is 16.9. The molecule has 1 fully saturated rings. The fraction of sp³-hybridized carbons (Fsp3) is 0.471. The number of rotatable bonds is 5. The Hall–Kier alpha value is -1.93. The highest BCUT2D eigenvalue weighted by atomic mass is 79.9. The molecule has 24 heavy (non-hydrogen) atoms. The molecular weight excluding hydrogens is 372 g/mol. The third kappa shape index (κ3) is 1.72. The lowest BCUT2D eigenvalue weighted by atomic mass is 9.93. The van der Waals surface area contributed by atoms with Crippen LogP contribution in [0.15, 0.2) is 33.7 Å². The molecule has 0 spiro atoms. The minimum atomic E-state index is -1.56. The largest absolute Gasteiger partial charge is 0.386 e. The average Bonchev–Trinajstić information content (AvgIpc) is 3.14. The zero-order valence-electron chi connectivity index (χ0n) is 13.4. The third-order valence-corrected chi connectivity index (χ3v) is 5.28. The lowest BCUT2D eigenvalue weighted by Crippen LogP contribution is -2.43. The maximum atomic E-state index is 10.1. The number of halogens is 1. The summed E-state index contributed by atoms with van der Waals surface area (Å²) in [5, 5.41) is 20.0. The zero-order valence-corrected chi connectivity index (χ0v) is 15.0. The standard InChI is InChI=1S/C17H17BrN4O2/c1-3-23-17(24-4-2)16(10-20)13(11-6-5-7-12(18)8-11)15(16,9-19)14(21)22-17/h5-8,13H,3-4H2,1-2H3,(H2,21,22)/t13-,15-,16-/m0/s1. The summed E-state index contributed by atoms with van der Waals surface area (Å²) in [5.41, 5.74) is 4.42. The van der Waals surface area contributed by atoms with Crippen LogP contribution in [0.1, 0.15) is 25.3 Å². The molecule has 7 heteroatoms. The van der Waals surface area contributed by atoms with E-state index in [9.17, 15) is 10.5 Å². The summed E-state index contributed by atoms with van der Waals surface area (Å²) in [7, 11) is 0. The van der Waals surface area contributed by atoms with Gasteiger partial charge in [0.15, 0.2) is 5.41 Å². The molecule has 0 unspecified atom stereocenters. The molecule has 1 saturated carbocycles. The zero-order chi connectivity index (χ0) is 17.6. The highest BCUT2D eigenvalue weighted by molar-refractivity contribution is 9.10. The van der Waals surface area contributed by atoms with Gasteiger partial charge in [0.25, 0.3) is 5.91 Å². The van der Waals surface area contributed by atoms with E-state index in [2.05, 4.69) is 33.1 Å². The van der Waals surface area contributed by atoms with E-state index in [0.717, 1.165) is 10.0 Å². The molecule has 1 heterocycles. The number of nitrogens with zero attached hydrogens (tertiary/aromatic N) is 3. The fourth-order valence-corrected chi connectivity index (χ4v) is 4.35. The van der Waals surface area contributed by atoms with Crippen molar-refractivity contribution in [2.45, 2.75) is 25.7 Å². The van der Waals surface area contributed by atoms with E-state index in [-0.39, 0.29) is 19.0 Å². The van der Waals surface area contributed by atoms with E-state index >= 15 is 0 Å². The summed E-state index contributed by atoms with van der Waals surface area (Å²) in [4.78, 5) is 4.31. The van der Waals surface area contributed by atoms with Gasteiger partial charge in [0, 0.05) is 23.6 Å². The van der Waals surface area contributed by atoms with Crippen molar-refractivity contribution in [3.05, 3.63) is 34.3 Å². The fourth-order valence-electron chi connectivity index (χ4n) is 3.94. The Kier molecular flexibility index (Phi) is 3.92. The minimum Gasteiger partial charge on any atom is -0.386 e. The Morgan fingerprint density at radius 3 is 2.42 bits per heavy atom. The van der Waals surface area contributed by atoms with Crippen LogP contribution >= 0.6 is 15.9 Å². The lowest BCUT2D eigenvalue weighted by molar-refractivity contribution is -0.255. The number of hydrogen-bond donors (Lipinski definition) is 1. The van der Waals surface area contributed by atoms with E-state index in [4.69, 9.17) is 15.2 Å². The lowest BCUT2D eigenvalue weighted by Gasteiger charge is -2.31. The quantitative estimate of drug-likeness (QED) is 0.780. The van der Waals surface area contributed by atoms with Gasteiger partial charge in [-0.25, -0.2) is 4.99 Å². The molecule has 0 bridgehead atoms. The molecule has 3 atom stereocenters. The number of nitrogens with two attached hydrogens (primary N) is 1. The monoisotopic (exact) mass is 388 g/mol. The second-order valence-electron chi connectivity index (χ2n) is 5.77. The van der Waals surface area contributed by atoms with Crippen molar-refractivity contribution in [2.75, 3.05) is 13.2 Å². The highest BCUT2D eigenvalue weighted by Gasteiger charge is 2.93. The van der Waals surface area contributed by atoms with Gasteiger partial charge in [-0.2, -0.15) is 10.5 Å². The number of fused-ring (bicyclic) bond motifs is 1. The summed E-state index contributed by atoms with van der Waals surface area (Å²) < 4.78 is 12.4. The van der Waals surface area contributed by atoms with Crippen molar-refractivity contribution in [3.63, 3.8) is 0 Å². The summed E-state index contributed by atoms with van der Waals surface area (Å²) in [6.45, 7) is 4.15. The van der Waals surface area contributed by atoms with Crippen molar-refractivity contribution < 1.29 is 9.47 Å². The number of aliphatic imine (C=N–C) groups is 1. The van der Waals surface area contributed by atoms with Crippen LogP contribution in [0.25, 0.3) is 0 Å². The first-order valence-electron chi connectivity index (χ1n) is 7.71. The van der Waals surface area contributed by atoms with Gasteiger partial charge >= 0.3 is 0 Å². The predicted octanol–water partition coefficient (Wildman–Crippen LogP) is 2.66. The number of nitriles is 2. The van der Waals surface area contributed by atoms with Crippen molar-refractivity contribution in [2.24, 2.45) is 21.6 Å². The molecule has 3 rings (SSSR count). The Balaban J connectivity index is 2.23. The summed E-state index contributed by atoms with van der Waals surface area (Å²) in [6.07, 6.45) is 0. The Bertz CT molecular complexity index is 791. The molecule has 1 aromatic rings. The summed E-state index contributed by atoms with van der Waals surface area (Å²) in [6, 6.07) is 12.0. The van der Waals surface area contributed by atoms with Gasteiger partial charge in [0.1, 0.15) is 11.3 Å². The second-order valence-corrected chi connectivity index (χ2v) is 6.69. The van der Waals surface area contributed by atoms with Crippen molar-refractivity contribution in [1.29, 1.82) is 10.5 Å². The van der Waals surface area contributed by atoms with Crippen LogP contribution in [0, 0.1) is 33.5 Å². The molecular formula is C17H17BrN4O2. The van der Waals surface area contributed by atoms with E-state index < -0.39 is 22.7 Å². The van der Waals surface area contributed by atoms with Crippen LogP contribution in [0.3, 0.4) is 0 Å². The van der Waals surface area contributed by atoms with Gasteiger partial charge in [-0.1, -0.05) is 28.1 Å². The summed E-state index contributed by atoms with van der Waals surface area (Å²) >= 11 is 3.43. The molecule has 6 nitrogen and oxygen atoms in total. The molecule has 2 aliphatic rings. The van der Waals surface area contributed by atoms with Crippen LogP contribution in [0.5, 0.6) is 0 Å². The number of ether oxygens (including phenoxy) is 2. The predicted molar refractivity (Wildman–Crippen MR) is 90.6 cm³/mol. The maximum Gasteiger partial charge on any atom is 0.293 e. The van der Waals surface area contributed by atoms with E-state index in [1.807, 2.05) is 24.3 Å². The van der Waals surface area contributed by atoms with Gasteiger partial charge < -0.3 is 15.2 Å². The highest BCUT2D eigenvalue weighted by Crippen LogP contribution is 2.82. The summed E-state index contributed by atoms with van der Waals surface area (Å²) in [5.74, 6) is -1.93. The Morgan fingerprint density at radius 1 is 1.25 bits per heavy atom. The molecule has 124 valence electrons. The van der Waals surface area contributed by atoms with Crippen LogP contribution in [0.2, 0.25) is 0 Å². The van der Waals surface area contributed by atoms with Crippen LogP contribution < -0.4 is 5.73 Å². The molecule has 0 aromatic heterocycles. The normalized spacial score (nSPS) is 32.4. The molecule has 1 aromatic carbocycles. The number of hydrogen-bond acceptors (Lipinski definition) is 6. The first-order valence-corrected chi connectivity index (χ1v) is 8.50. The van der Waals surface area contributed by atoms with Crippen LogP contribution in [-0.4, -0.2) is 25.0 Å². The first-order chi connectivity index (χ1) is 11.5. The minimum absolute atomic E-state index is 0.0958. The van der Waals surface area contributed by atoms with Crippen LogP contribution in [0.4, 0.5) is 0 Å². The number of amidine groups is 1. The Morgan fingerprint density at radius 2 is 1.92 bits per heavy atom. The topological polar surface area (TPSA) is 104 Å². The third-order valence-electron chi connectivity index (χ3n) is 4.79. The van der Waals surface area contributed by atoms with Crippen molar-refractivity contribution >= 4 is 21.8 Å². The number of benzene rings is 1. The van der Waals surface area contributed by atoms with Crippen molar-refractivity contribution in [1.82, 2.24) is 0 Å². The Labute approximate surface area is 149 Å².